The molecule has 0 aromatic heterocycles. The summed E-state index contributed by atoms with van der Waals surface area (Å²) < 4.78 is 194. The number of halogens is 9. The number of sulfonamides is 2. The van der Waals surface area contributed by atoms with E-state index in [1.807, 2.05) is 0 Å². The molecule has 0 aromatic carbocycles. The Balaban J connectivity index is 1.93. The van der Waals surface area contributed by atoms with Gasteiger partial charge in [0.1, 0.15) is 0 Å². The Morgan fingerprint density at radius 3 is 1.18 bits per heavy atom. The van der Waals surface area contributed by atoms with E-state index in [1.165, 1.54) is 30.3 Å². The van der Waals surface area contributed by atoms with Crippen LogP contribution < -0.4 is 4.18 Å². The van der Waals surface area contributed by atoms with Crippen LogP contribution in [0.5, 0.6) is 5.75 Å². The Hall–Kier alpha value is -3.72. The molecular formula is C23H15F9N2O7S3. The van der Waals surface area contributed by atoms with E-state index in [4.69, 9.17) is 0 Å². The van der Waals surface area contributed by atoms with Gasteiger partial charge in [-0.1, -0.05) is 54.6 Å². The van der Waals surface area contributed by atoms with Crippen LogP contribution in [-0.2, 0) is 30.2 Å². The van der Waals surface area contributed by atoms with Gasteiger partial charge in [0, 0.05) is 47.8 Å². The van der Waals surface area contributed by atoms with Crippen molar-refractivity contribution in [2.45, 2.75) is 28.4 Å². The fourth-order valence-electron chi connectivity index (χ4n) is 4.20. The van der Waals surface area contributed by atoms with Crippen molar-refractivity contribution < 1.29 is 69.0 Å². The van der Waals surface area contributed by atoms with E-state index in [9.17, 15) is 64.8 Å². The Morgan fingerprint density at radius 2 is 0.886 bits per heavy atom. The van der Waals surface area contributed by atoms with E-state index in [0.717, 1.165) is 24.3 Å². The Morgan fingerprint density at radius 1 is 0.545 bits per heavy atom. The normalized spacial score (nSPS) is 17.6. The van der Waals surface area contributed by atoms with Crippen molar-refractivity contribution in [2.75, 3.05) is 0 Å². The number of rotatable bonds is 6. The summed E-state index contributed by atoms with van der Waals surface area (Å²) in [6.07, 6.45) is 4.90. The van der Waals surface area contributed by atoms with Crippen molar-refractivity contribution in [3.8, 4) is 16.9 Å². The van der Waals surface area contributed by atoms with Gasteiger partial charge in [-0.05, 0) is 11.1 Å². The SMILES string of the molecule is O=S(=O)(Oc1c(C2C=CN(S(=O)(=O)C(F)(F)F)C=C2)c2cccccc-2c1C1C=CN(S(=O)(=O)C(F)(F)F)C=C1)C(F)(F)F. The molecule has 2 aliphatic carbocycles. The molecule has 0 bridgehead atoms. The number of alkyl halides is 9. The lowest BCUT2D eigenvalue weighted by atomic mass is 9.95. The highest BCUT2D eigenvalue weighted by atomic mass is 32.2. The lowest BCUT2D eigenvalue weighted by molar-refractivity contribution is -0.0501. The van der Waals surface area contributed by atoms with E-state index in [1.54, 1.807) is 0 Å². The number of hydrogen-bond donors (Lipinski definition) is 0. The summed E-state index contributed by atoms with van der Waals surface area (Å²) in [5.41, 5.74) is -18.4. The van der Waals surface area contributed by atoms with Crippen LogP contribution in [0.1, 0.15) is 23.0 Å². The topological polar surface area (TPSA) is 118 Å². The zero-order chi connectivity index (χ0) is 33.1. The second-order valence-electron chi connectivity index (χ2n) is 8.86. The molecule has 9 nitrogen and oxygen atoms in total. The van der Waals surface area contributed by atoms with Gasteiger partial charge in [0.25, 0.3) is 0 Å². The fourth-order valence-corrected chi connectivity index (χ4v) is 6.09. The molecule has 0 amide bonds. The quantitative estimate of drug-likeness (QED) is 0.220. The average molecular weight is 699 g/mol. The number of hydrogen-bond acceptors (Lipinski definition) is 7. The number of nitrogens with zero attached hydrogens (tertiary/aromatic N) is 2. The van der Waals surface area contributed by atoms with Gasteiger partial charge < -0.3 is 4.18 Å². The van der Waals surface area contributed by atoms with Crippen LogP contribution >= 0.6 is 0 Å². The van der Waals surface area contributed by atoms with Gasteiger partial charge in [0.05, 0.1) is 0 Å². The van der Waals surface area contributed by atoms with Gasteiger partial charge in [0.2, 0.25) is 0 Å². The molecule has 2 heterocycles. The summed E-state index contributed by atoms with van der Waals surface area (Å²) in [6, 6.07) is 6.64. The molecule has 0 radical (unpaired) electrons. The molecule has 240 valence electrons. The highest BCUT2D eigenvalue weighted by molar-refractivity contribution is 7.90. The first kappa shape index (κ1) is 33.2. The minimum atomic E-state index is -6.45. The molecule has 0 aromatic rings. The Bertz CT molecular complexity index is 1740. The minimum absolute atomic E-state index is 0.0454. The van der Waals surface area contributed by atoms with Gasteiger partial charge in [-0.15, -0.1) is 0 Å². The zero-order valence-corrected chi connectivity index (χ0v) is 23.5. The molecule has 0 atom stereocenters. The van der Waals surface area contributed by atoms with E-state index in [2.05, 4.69) is 4.18 Å². The van der Waals surface area contributed by atoms with Crippen LogP contribution in [0.15, 0.2) is 79.4 Å². The molecular weight excluding hydrogens is 683 g/mol. The standard InChI is InChI=1S/C23H15F9N2O7S3/c24-21(25,26)42(35,36)33-10-6-14(7-11-33)18-16-4-2-1-3-5-17(16)19(20(18)41-44(39,40)23(30,31)32)15-8-12-34(13-9-15)43(37,38)22(27,28)29/h1-15H. The molecule has 0 unspecified atom stereocenters. The molecule has 0 saturated heterocycles. The van der Waals surface area contributed by atoms with Crippen molar-refractivity contribution in [3.05, 3.63) is 90.6 Å². The lowest BCUT2D eigenvalue weighted by Crippen LogP contribution is -2.35. The summed E-state index contributed by atoms with van der Waals surface area (Å²) in [5, 5.41) is 0. The molecule has 4 rings (SSSR count). The van der Waals surface area contributed by atoms with Crippen molar-refractivity contribution >= 4 is 30.2 Å². The molecule has 0 fully saturated rings. The summed E-state index contributed by atoms with van der Waals surface area (Å²) in [6.45, 7) is 0. The van der Waals surface area contributed by atoms with Gasteiger partial charge in [-0.2, -0.15) is 64.8 Å². The zero-order valence-electron chi connectivity index (χ0n) is 21.0. The second-order valence-corrected chi connectivity index (χ2v) is 14.1. The summed E-state index contributed by atoms with van der Waals surface area (Å²) >= 11 is 0. The molecule has 4 aliphatic rings. The van der Waals surface area contributed by atoms with E-state index in [-0.39, 0.29) is 19.7 Å². The van der Waals surface area contributed by atoms with Crippen LogP contribution in [0.3, 0.4) is 0 Å². The Labute approximate surface area is 243 Å². The molecule has 0 saturated carbocycles. The summed E-state index contributed by atoms with van der Waals surface area (Å²) in [7, 11) is -18.3. The van der Waals surface area contributed by atoms with Crippen LogP contribution in [0.4, 0.5) is 39.5 Å². The van der Waals surface area contributed by atoms with Crippen LogP contribution in [-0.4, -0.2) is 50.4 Å². The van der Waals surface area contributed by atoms with Crippen molar-refractivity contribution in [1.29, 1.82) is 0 Å². The molecule has 21 heteroatoms. The maximum atomic E-state index is 13.4. The third-order valence-electron chi connectivity index (χ3n) is 6.15. The maximum absolute atomic E-state index is 13.4. The van der Waals surface area contributed by atoms with Crippen LogP contribution in [0, 0.1) is 0 Å². The highest BCUT2D eigenvalue weighted by Crippen LogP contribution is 2.52. The first-order chi connectivity index (χ1) is 20.0. The first-order valence-electron chi connectivity index (χ1n) is 11.5. The van der Waals surface area contributed by atoms with Crippen molar-refractivity contribution in [1.82, 2.24) is 8.61 Å². The van der Waals surface area contributed by atoms with Gasteiger partial charge in [0.15, 0.2) is 5.75 Å². The minimum Gasteiger partial charge on any atom is -0.375 e. The number of fused-ring (bicyclic) bond motifs is 1. The first-order valence-corrected chi connectivity index (χ1v) is 15.8. The Kier molecular flexibility index (Phi) is 8.08. The molecule has 44 heavy (non-hydrogen) atoms. The largest absolute Gasteiger partial charge is 0.534 e. The van der Waals surface area contributed by atoms with Gasteiger partial charge in [-0.3, -0.25) is 0 Å². The van der Waals surface area contributed by atoms with E-state index >= 15 is 0 Å². The lowest BCUT2D eigenvalue weighted by Gasteiger charge is -2.24. The van der Waals surface area contributed by atoms with Gasteiger partial charge >= 0.3 is 46.7 Å². The second kappa shape index (κ2) is 10.7. The fraction of sp³-hybridized carbons (Fsp3) is 0.217. The van der Waals surface area contributed by atoms with Crippen LogP contribution in [0.25, 0.3) is 11.1 Å². The predicted octanol–water partition coefficient (Wildman–Crippen LogP) is 5.57. The maximum Gasteiger partial charge on any atom is 0.534 e. The van der Waals surface area contributed by atoms with Crippen molar-refractivity contribution in [2.24, 2.45) is 0 Å². The third-order valence-corrected chi connectivity index (χ3v) is 9.87. The summed E-state index contributed by atoms with van der Waals surface area (Å²) in [4.78, 5) is 0. The van der Waals surface area contributed by atoms with Crippen LogP contribution in [0.2, 0.25) is 0 Å². The highest BCUT2D eigenvalue weighted by Gasteiger charge is 2.52. The van der Waals surface area contributed by atoms with Gasteiger partial charge in [-0.25, -0.2) is 8.61 Å². The number of allylic oxidation sites excluding steroid dienone is 4. The predicted molar refractivity (Wildman–Crippen MR) is 134 cm³/mol. The van der Waals surface area contributed by atoms with Crippen molar-refractivity contribution in [3.63, 3.8) is 0 Å². The smallest absolute Gasteiger partial charge is 0.375 e. The average Bonchev–Trinajstić information content (AvgIpc) is 3.01. The molecule has 2 aliphatic heterocycles. The molecule has 0 N–H and O–H groups in total. The summed E-state index contributed by atoms with van der Waals surface area (Å²) in [5.74, 6) is -3.85. The third kappa shape index (κ3) is 5.74. The molecule has 0 spiro atoms. The monoisotopic (exact) mass is 698 g/mol. The van der Waals surface area contributed by atoms with E-state index in [0.29, 0.717) is 24.8 Å². The van der Waals surface area contributed by atoms with E-state index < -0.39 is 75.4 Å².